The molecule has 0 bridgehead atoms. The molecule has 1 amide bonds. The number of nitrogens with zero attached hydrogens (tertiary/aromatic N) is 2. The quantitative estimate of drug-likeness (QED) is 0.381. The number of nitrogens with one attached hydrogen (secondary N) is 1. The lowest BCUT2D eigenvalue weighted by molar-refractivity contribution is -0.131. The van der Waals surface area contributed by atoms with Crippen LogP contribution in [0.15, 0.2) is 78.5 Å². The molecule has 2 aromatic carbocycles. The summed E-state index contributed by atoms with van der Waals surface area (Å²) < 4.78 is 0. The predicted octanol–water partition coefficient (Wildman–Crippen LogP) is 6.78. The van der Waals surface area contributed by atoms with Crippen molar-refractivity contribution in [2.45, 2.75) is 46.1 Å². The minimum atomic E-state index is 0.241. The van der Waals surface area contributed by atoms with Crippen LogP contribution in [0.25, 0.3) is 16.3 Å². The van der Waals surface area contributed by atoms with Gasteiger partial charge in [-0.05, 0) is 72.9 Å². The van der Waals surface area contributed by atoms with E-state index >= 15 is 0 Å². The number of aromatic nitrogens is 1. The Kier molecular flexibility index (Phi) is 7.40. The Morgan fingerprint density at radius 2 is 2.05 bits per heavy atom. The van der Waals surface area contributed by atoms with Gasteiger partial charge < -0.3 is 15.3 Å². The zero-order valence-electron chi connectivity index (χ0n) is 21.7. The molecule has 0 saturated carbocycles. The average molecular weight is 494 g/mol. The first-order valence-corrected chi connectivity index (χ1v) is 13.2. The van der Waals surface area contributed by atoms with Crippen LogP contribution in [0.3, 0.4) is 0 Å². The molecule has 1 atom stereocenters. The van der Waals surface area contributed by atoms with E-state index in [9.17, 15) is 9.90 Å². The zero-order valence-corrected chi connectivity index (χ0v) is 21.7. The summed E-state index contributed by atoms with van der Waals surface area (Å²) in [5.41, 5.74) is 6.54. The van der Waals surface area contributed by atoms with Gasteiger partial charge in [-0.1, -0.05) is 55.0 Å². The van der Waals surface area contributed by atoms with Crippen molar-refractivity contribution < 1.29 is 9.90 Å². The maximum atomic E-state index is 12.9. The Morgan fingerprint density at radius 3 is 2.86 bits per heavy atom. The van der Waals surface area contributed by atoms with Crippen LogP contribution in [0.4, 0.5) is 5.69 Å². The number of hydrogen-bond acceptors (Lipinski definition) is 4. The van der Waals surface area contributed by atoms with Gasteiger partial charge >= 0.3 is 0 Å². The molecule has 2 N–H and O–H groups in total. The first-order valence-electron chi connectivity index (χ1n) is 13.2. The predicted molar refractivity (Wildman–Crippen MR) is 151 cm³/mol. The molecule has 2 aliphatic rings. The Hall–Kier alpha value is -3.86. The maximum Gasteiger partial charge on any atom is 0.222 e. The smallest absolute Gasteiger partial charge is 0.222 e. The summed E-state index contributed by atoms with van der Waals surface area (Å²) in [6.07, 6.45) is 13.8. The van der Waals surface area contributed by atoms with Gasteiger partial charge in [0.25, 0.3) is 0 Å². The number of aromatic hydroxyl groups is 1. The molecule has 1 aliphatic carbocycles. The topological polar surface area (TPSA) is 65.5 Å². The summed E-state index contributed by atoms with van der Waals surface area (Å²) in [6, 6.07) is 13.8. The molecule has 190 valence electrons. The Bertz CT molecular complexity index is 1400. The van der Waals surface area contributed by atoms with Crippen LogP contribution in [0.5, 0.6) is 5.75 Å². The van der Waals surface area contributed by atoms with E-state index in [4.69, 9.17) is 4.98 Å². The third kappa shape index (κ3) is 5.77. The molecule has 5 heteroatoms. The molecule has 3 aromatic rings. The van der Waals surface area contributed by atoms with E-state index < -0.39 is 0 Å². The third-order valence-corrected chi connectivity index (χ3v) is 7.39. The van der Waals surface area contributed by atoms with Gasteiger partial charge in [0.05, 0.1) is 5.69 Å². The van der Waals surface area contributed by atoms with Crippen molar-refractivity contribution in [3.8, 4) is 5.75 Å². The number of carbonyl (C=O) groups is 1. The van der Waals surface area contributed by atoms with Crippen LogP contribution in [0.2, 0.25) is 0 Å². The summed E-state index contributed by atoms with van der Waals surface area (Å²) >= 11 is 0. The molecule has 0 radical (unpaired) electrons. The molecular formula is C32H35N3O2. The highest BCUT2D eigenvalue weighted by molar-refractivity contribution is 5.95. The number of rotatable bonds is 7. The van der Waals surface area contributed by atoms with Crippen LogP contribution in [-0.2, 0) is 11.3 Å². The van der Waals surface area contributed by atoms with Crippen LogP contribution in [0.1, 0.15) is 49.4 Å². The van der Waals surface area contributed by atoms with Gasteiger partial charge in [-0.15, -0.1) is 0 Å². The number of benzene rings is 2. The standard InChI is InChI=1S/C32H35N3O2/c1-22-9-10-24(18-22)11-12-31(37)35-16-5-7-25(14-17-35)32-28-19-23(2)29(20-26(28)13-15-33-32)34-21-27-6-3-4-8-30(27)36/h3-4,6-10,13,15,18-20,22,34,36H,5,11-12,14,16-17,21H2,1-2H3. The van der Waals surface area contributed by atoms with Gasteiger partial charge in [-0.3, -0.25) is 9.78 Å². The van der Waals surface area contributed by atoms with Crippen molar-refractivity contribution in [3.63, 3.8) is 0 Å². The summed E-state index contributed by atoms with van der Waals surface area (Å²) in [4.78, 5) is 19.7. The van der Waals surface area contributed by atoms with Crippen LogP contribution < -0.4 is 5.32 Å². The number of phenols is 1. The molecule has 0 saturated heterocycles. The number of amides is 1. The average Bonchev–Trinajstić information content (AvgIpc) is 3.16. The van der Waals surface area contributed by atoms with E-state index in [1.54, 1.807) is 6.07 Å². The van der Waals surface area contributed by atoms with Gasteiger partial charge in [0.2, 0.25) is 5.91 Å². The van der Waals surface area contributed by atoms with Gasteiger partial charge in [0, 0.05) is 48.9 Å². The fourth-order valence-corrected chi connectivity index (χ4v) is 5.25. The minimum Gasteiger partial charge on any atom is -0.508 e. The molecule has 37 heavy (non-hydrogen) atoms. The number of para-hydroxylation sites is 1. The fraction of sp³-hybridized carbons (Fsp3) is 0.312. The van der Waals surface area contributed by atoms with Crippen LogP contribution in [-0.4, -0.2) is 34.0 Å². The summed E-state index contributed by atoms with van der Waals surface area (Å²) in [5.74, 6) is 1.02. The van der Waals surface area contributed by atoms with Crippen molar-refractivity contribution in [1.82, 2.24) is 9.88 Å². The molecule has 1 aliphatic heterocycles. The Balaban J connectivity index is 1.27. The van der Waals surface area contributed by atoms with Crippen molar-refractivity contribution >= 4 is 27.9 Å². The lowest BCUT2D eigenvalue weighted by Gasteiger charge is -2.21. The second-order valence-corrected chi connectivity index (χ2v) is 10.1. The normalized spacial score (nSPS) is 17.5. The van der Waals surface area contributed by atoms with E-state index in [1.165, 1.54) is 11.1 Å². The monoisotopic (exact) mass is 493 g/mol. The number of carbonyl (C=O) groups excluding carboxylic acids is 1. The van der Waals surface area contributed by atoms with E-state index in [1.807, 2.05) is 35.4 Å². The van der Waals surface area contributed by atoms with E-state index in [0.717, 1.165) is 65.6 Å². The number of allylic oxidation sites excluding steroid dienone is 4. The molecule has 0 fully saturated rings. The van der Waals surface area contributed by atoms with E-state index in [0.29, 0.717) is 24.6 Å². The first kappa shape index (κ1) is 24.8. The summed E-state index contributed by atoms with van der Waals surface area (Å²) in [5, 5.41) is 15.8. The minimum absolute atomic E-state index is 0.241. The highest BCUT2D eigenvalue weighted by atomic mass is 16.3. The van der Waals surface area contributed by atoms with E-state index in [-0.39, 0.29) is 5.91 Å². The van der Waals surface area contributed by atoms with Gasteiger partial charge in [0.1, 0.15) is 5.75 Å². The largest absolute Gasteiger partial charge is 0.508 e. The number of fused-ring (bicyclic) bond motifs is 1. The Morgan fingerprint density at radius 1 is 1.19 bits per heavy atom. The first-order chi connectivity index (χ1) is 18.0. The maximum absolute atomic E-state index is 12.9. The third-order valence-electron chi connectivity index (χ3n) is 7.39. The van der Waals surface area contributed by atoms with Crippen molar-refractivity contribution in [3.05, 3.63) is 95.4 Å². The van der Waals surface area contributed by atoms with Crippen molar-refractivity contribution in [1.29, 1.82) is 0 Å². The van der Waals surface area contributed by atoms with Gasteiger partial charge in [-0.25, -0.2) is 0 Å². The fourth-order valence-electron chi connectivity index (χ4n) is 5.25. The summed E-state index contributed by atoms with van der Waals surface area (Å²) in [7, 11) is 0. The SMILES string of the molecule is Cc1cc2c(C3=CCCN(C(=O)CCC4=CC(C)C=C4)CC3)nccc2cc1NCc1ccccc1O. The molecule has 0 spiro atoms. The number of phenolic OH excluding ortho intramolecular Hbond substituents is 1. The molecule has 5 rings (SSSR count). The zero-order chi connectivity index (χ0) is 25.8. The molecule has 1 aromatic heterocycles. The molecule has 5 nitrogen and oxygen atoms in total. The lowest BCUT2D eigenvalue weighted by atomic mass is 9.99. The van der Waals surface area contributed by atoms with Crippen LogP contribution in [0, 0.1) is 12.8 Å². The number of hydrogen-bond donors (Lipinski definition) is 2. The summed E-state index contributed by atoms with van der Waals surface area (Å²) in [6.45, 7) is 6.31. The highest BCUT2D eigenvalue weighted by Crippen LogP contribution is 2.32. The molecular weight excluding hydrogens is 458 g/mol. The second kappa shape index (κ2) is 11.0. The van der Waals surface area contributed by atoms with Gasteiger partial charge in [-0.2, -0.15) is 0 Å². The molecule has 2 heterocycles. The van der Waals surface area contributed by atoms with Gasteiger partial charge in [0.15, 0.2) is 0 Å². The van der Waals surface area contributed by atoms with Crippen molar-refractivity contribution in [2.75, 3.05) is 18.4 Å². The van der Waals surface area contributed by atoms with E-state index in [2.05, 4.69) is 55.6 Å². The Labute approximate surface area is 219 Å². The second-order valence-electron chi connectivity index (χ2n) is 10.1. The number of anilines is 1. The molecule has 1 unspecified atom stereocenters. The number of pyridine rings is 1. The van der Waals surface area contributed by atoms with Crippen molar-refractivity contribution in [2.24, 2.45) is 5.92 Å². The number of aryl methyl sites for hydroxylation is 1. The van der Waals surface area contributed by atoms with Crippen LogP contribution >= 0.6 is 0 Å². The highest BCUT2D eigenvalue weighted by Gasteiger charge is 2.19. The lowest BCUT2D eigenvalue weighted by Crippen LogP contribution is -2.31.